The predicted molar refractivity (Wildman–Crippen MR) is 68.6 cm³/mol. The zero-order valence-electron chi connectivity index (χ0n) is 10.6. The highest BCUT2D eigenvalue weighted by atomic mass is 32.2. The van der Waals surface area contributed by atoms with Crippen LogP contribution in [0.4, 0.5) is 5.95 Å². The van der Waals surface area contributed by atoms with Gasteiger partial charge in [0.15, 0.2) is 5.16 Å². The average Bonchev–Trinajstić information content (AvgIpc) is 2.57. The maximum Gasteiger partial charge on any atom is 0.230 e. The van der Waals surface area contributed by atoms with Gasteiger partial charge in [-0.05, 0) is 12.8 Å². The van der Waals surface area contributed by atoms with Crippen molar-refractivity contribution in [1.82, 2.24) is 20.1 Å². The minimum Gasteiger partial charge on any atom is -0.368 e. The van der Waals surface area contributed by atoms with E-state index in [1.807, 2.05) is 6.92 Å². The van der Waals surface area contributed by atoms with Crippen molar-refractivity contribution >= 4 is 23.6 Å². The first-order chi connectivity index (χ1) is 7.91. The number of hydrogen-bond acceptors (Lipinski definition) is 5. The lowest BCUT2D eigenvalue weighted by atomic mass is 10.1. The number of rotatable bonds is 5. The molecule has 1 heterocycles. The van der Waals surface area contributed by atoms with Crippen molar-refractivity contribution in [3.05, 3.63) is 0 Å². The Bertz CT molecular complexity index is 390. The van der Waals surface area contributed by atoms with Gasteiger partial charge in [0.25, 0.3) is 0 Å². The van der Waals surface area contributed by atoms with Gasteiger partial charge in [0, 0.05) is 13.1 Å². The van der Waals surface area contributed by atoms with Gasteiger partial charge in [-0.3, -0.25) is 9.36 Å². The molecule has 17 heavy (non-hydrogen) atoms. The number of aromatic nitrogens is 3. The zero-order valence-corrected chi connectivity index (χ0v) is 11.4. The van der Waals surface area contributed by atoms with Crippen LogP contribution in [0.15, 0.2) is 5.16 Å². The van der Waals surface area contributed by atoms with E-state index in [4.69, 9.17) is 5.73 Å². The van der Waals surface area contributed by atoms with Crippen LogP contribution in [0, 0.1) is 5.92 Å². The lowest BCUT2D eigenvalue weighted by Gasteiger charge is -2.16. The Hall–Kier alpha value is -1.24. The van der Waals surface area contributed by atoms with Crippen molar-refractivity contribution in [2.24, 2.45) is 13.0 Å². The molecule has 0 aliphatic carbocycles. The molecule has 0 aromatic carbocycles. The molecule has 1 aromatic rings. The lowest BCUT2D eigenvalue weighted by molar-refractivity contribution is -0.119. The van der Waals surface area contributed by atoms with Crippen LogP contribution in [0.3, 0.4) is 0 Å². The van der Waals surface area contributed by atoms with E-state index in [0.717, 1.165) is 0 Å². The summed E-state index contributed by atoms with van der Waals surface area (Å²) in [6.45, 7) is 6.14. The van der Waals surface area contributed by atoms with Crippen LogP contribution in [-0.2, 0) is 11.8 Å². The van der Waals surface area contributed by atoms with Gasteiger partial charge in [0.05, 0.1) is 5.75 Å². The number of carbonyl (C=O) groups excluding carboxylic acids is 1. The second-order valence-electron chi connectivity index (χ2n) is 4.29. The third kappa shape index (κ3) is 3.92. The standard InChI is InChI=1S/C10H19N5OS/c1-6(2)7(3)12-8(16)5-17-10-14-13-9(11)15(10)4/h6-7H,5H2,1-4H3,(H2,11,13)(H,12,16). The Balaban J connectivity index is 2.41. The third-order valence-electron chi connectivity index (χ3n) is 2.59. The van der Waals surface area contributed by atoms with Crippen LogP contribution in [-0.4, -0.2) is 32.5 Å². The Morgan fingerprint density at radius 1 is 1.47 bits per heavy atom. The molecule has 1 atom stereocenters. The molecule has 0 aliphatic rings. The van der Waals surface area contributed by atoms with E-state index in [1.165, 1.54) is 11.8 Å². The molecule has 0 fully saturated rings. The Kier molecular flexibility index (Phi) is 4.80. The van der Waals surface area contributed by atoms with Crippen molar-refractivity contribution in [2.45, 2.75) is 32.0 Å². The molecule has 0 radical (unpaired) electrons. The van der Waals surface area contributed by atoms with E-state index < -0.39 is 0 Å². The minimum absolute atomic E-state index is 0.00206. The zero-order chi connectivity index (χ0) is 13.0. The molecule has 1 amide bonds. The fourth-order valence-corrected chi connectivity index (χ4v) is 1.77. The molecule has 0 saturated heterocycles. The van der Waals surface area contributed by atoms with Crippen molar-refractivity contribution in [1.29, 1.82) is 0 Å². The summed E-state index contributed by atoms with van der Waals surface area (Å²) in [4.78, 5) is 11.6. The summed E-state index contributed by atoms with van der Waals surface area (Å²) in [5.41, 5.74) is 5.54. The number of nitrogens with one attached hydrogen (secondary N) is 1. The first kappa shape index (κ1) is 13.8. The van der Waals surface area contributed by atoms with E-state index in [9.17, 15) is 4.79 Å². The summed E-state index contributed by atoms with van der Waals surface area (Å²) >= 11 is 1.33. The van der Waals surface area contributed by atoms with Crippen molar-refractivity contribution < 1.29 is 4.79 Å². The largest absolute Gasteiger partial charge is 0.368 e. The highest BCUT2D eigenvalue weighted by molar-refractivity contribution is 7.99. The molecule has 0 aliphatic heterocycles. The molecule has 6 nitrogen and oxygen atoms in total. The van der Waals surface area contributed by atoms with E-state index in [1.54, 1.807) is 11.6 Å². The first-order valence-electron chi connectivity index (χ1n) is 5.48. The molecule has 1 unspecified atom stereocenters. The van der Waals surface area contributed by atoms with E-state index in [0.29, 0.717) is 22.8 Å². The monoisotopic (exact) mass is 257 g/mol. The maximum atomic E-state index is 11.6. The average molecular weight is 257 g/mol. The Morgan fingerprint density at radius 3 is 2.59 bits per heavy atom. The maximum absolute atomic E-state index is 11.6. The van der Waals surface area contributed by atoms with E-state index in [-0.39, 0.29) is 11.9 Å². The predicted octanol–water partition coefficient (Wildman–Crippen LogP) is 0.650. The van der Waals surface area contributed by atoms with E-state index in [2.05, 4.69) is 29.4 Å². The van der Waals surface area contributed by atoms with E-state index >= 15 is 0 Å². The number of amides is 1. The fraction of sp³-hybridized carbons (Fsp3) is 0.700. The molecule has 1 rings (SSSR count). The van der Waals surface area contributed by atoms with Gasteiger partial charge in [0.1, 0.15) is 0 Å². The third-order valence-corrected chi connectivity index (χ3v) is 3.61. The number of thioether (sulfide) groups is 1. The highest BCUT2D eigenvalue weighted by Gasteiger charge is 2.13. The molecule has 0 spiro atoms. The van der Waals surface area contributed by atoms with Crippen molar-refractivity contribution in [2.75, 3.05) is 11.5 Å². The molecule has 7 heteroatoms. The van der Waals surface area contributed by atoms with Crippen LogP contribution < -0.4 is 11.1 Å². The van der Waals surface area contributed by atoms with Crippen LogP contribution in [0.5, 0.6) is 0 Å². The lowest BCUT2D eigenvalue weighted by Crippen LogP contribution is -2.37. The van der Waals surface area contributed by atoms with Gasteiger partial charge in [-0.2, -0.15) is 0 Å². The van der Waals surface area contributed by atoms with Gasteiger partial charge in [-0.25, -0.2) is 0 Å². The topological polar surface area (TPSA) is 85.8 Å². The number of nitrogen functional groups attached to an aromatic ring is 1. The Labute approximate surface area is 105 Å². The van der Waals surface area contributed by atoms with Gasteiger partial charge in [-0.15, -0.1) is 10.2 Å². The number of anilines is 1. The van der Waals surface area contributed by atoms with Gasteiger partial charge >= 0.3 is 0 Å². The molecular formula is C10H19N5OS. The van der Waals surface area contributed by atoms with Gasteiger partial charge in [-0.1, -0.05) is 25.6 Å². The summed E-state index contributed by atoms with van der Waals surface area (Å²) in [7, 11) is 1.77. The summed E-state index contributed by atoms with van der Waals surface area (Å²) in [5.74, 6) is 1.10. The molecule has 0 bridgehead atoms. The molecule has 96 valence electrons. The highest BCUT2D eigenvalue weighted by Crippen LogP contribution is 2.15. The van der Waals surface area contributed by atoms with Crippen LogP contribution in [0.1, 0.15) is 20.8 Å². The quantitative estimate of drug-likeness (QED) is 0.756. The fourth-order valence-electron chi connectivity index (χ4n) is 1.04. The Morgan fingerprint density at radius 2 is 2.12 bits per heavy atom. The minimum atomic E-state index is -0.00206. The smallest absolute Gasteiger partial charge is 0.230 e. The van der Waals surface area contributed by atoms with Crippen LogP contribution in [0.2, 0.25) is 0 Å². The summed E-state index contributed by atoms with van der Waals surface area (Å²) in [5, 5.41) is 11.2. The van der Waals surface area contributed by atoms with Gasteiger partial charge < -0.3 is 11.1 Å². The molecule has 3 N–H and O–H groups in total. The summed E-state index contributed by atoms with van der Waals surface area (Å²) in [6.07, 6.45) is 0. The normalized spacial score (nSPS) is 12.8. The summed E-state index contributed by atoms with van der Waals surface area (Å²) in [6, 6.07) is 0.174. The second-order valence-corrected chi connectivity index (χ2v) is 5.23. The van der Waals surface area contributed by atoms with Gasteiger partial charge in [0.2, 0.25) is 11.9 Å². The van der Waals surface area contributed by atoms with Crippen molar-refractivity contribution in [3.8, 4) is 0 Å². The molecule has 0 saturated carbocycles. The number of carbonyl (C=O) groups is 1. The number of hydrogen-bond donors (Lipinski definition) is 2. The summed E-state index contributed by atoms with van der Waals surface area (Å²) < 4.78 is 1.66. The van der Waals surface area contributed by atoms with Crippen LogP contribution >= 0.6 is 11.8 Å². The second kappa shape index (κ2) is 5.90. The molecular weight excluding hydrogens is 238 g/mol. The van der Waals surface area contributed by atoms with Crippen molar-refractivity contribution in [3.63, 3.8) is 0 Å². The SMILES string of the molecule is CC(C)C(C)NC(=O)CSc1nnc(N)n1C. The molecule has 1 aromatic heterocycles. The number of nitrogens with zero attached hydrogens (tertiary/aromatic N) is 3. The first-order valence-corrected chi connectivity index (χ1v) is 6.47. The van der Waals surface area contributed by atoms with Crippen LogP contribution in [0.25, 0.3) is 0 Å². The number of nitrogens with two attached hydrogens (primary N) is 1.